The minimum Gasteiger partial charge on any atom is -0.310 e. The largest absolute Gasteiger partial charge is 0.310 e. The molecule has 0 amide bonds. The van der Waals surface area contributed by atoms with Crippen LogP contribution in [0.3, 0.4) is 0 Å². The molecular weight excluding hydrogens is 344 g/mol. The van der Waals surface area contributed by atoms with Crippen LogP contribution in [0, 0.1) is 10.1 Å². The molecule has 2 aromatic rings. The summed E-state index contributed by atoms with van der Waals surface area (Å²) in [7, 11) is 0. The van der Waals surface area contributed by atoms with E-state index in [9.17, 15) is 10.1 Å². The quantitative estimate of drug-likeness (QED) is 0.487. The predicted octanol–water partition coefficient (Wildman–Crippen LogP) is 3.38. The molecule has 0 saturated heterocycles. The zero-order chi connectivity index (χ0) is 14.5. The summed E-state index contributed by atoms with van der Waals surface area (Å²) in [6.07, 6.45) is 1.06. The molecule has 1 heterocycles. The van der Waals surface area contributed by atoms with Gasteiger partial charge < -0.3 is 5.32 Å². The van der Waals surface area contributed by atoms with Gasteiger partial charge >= 0.3 is 0 Å². The summed E-state index contributed by atoms with van der Waals surface area (Å²) in [6, 6.07) is 4.78. The first kappa shape index (κ1) is 15.0. The average Bonchev–Trinajstić information content (AvgIpc) is 2.87. The van der Waals surface area contributed by atoms with Crippen molar-refractivity contribution >= 4 is 33.0 Å². The zero-order valence-corrected chi connectivity index (χ0v) is 13.2. The van der Waals surface area contributed by atoms with E-state index < -0.39 is 4.92 Å². The molecule has 0 radical (unpaired) electrons. The van der Waals surface area contributed by atoms with Crippen LogP contribution < -0.4 is 5.32 Å². The van der Waals surface area contributed by atoms with E-state index in [2.05, 4.69) is 38.4 Å². The molecule has 2 rings (SSSR count). The molecule has 0 aliphatic heterocycles. The van der Waals surface area contributed by atoms with E-state index in [1.165, 1.54) is 23.5 Å². The second kappa shape index (κ2) is 6.87. The Hall–Kier alpha value is -1.38. The minimum atomic E-state index is -0.418. The summed E-state index contributed by atoms with van der Waals surface area (Å²) in [5, 5.41) is 23.8. The molecule has 0 bridgehead atoms. The molecule has 0 saturated carbocycles. The van der Waals surface area contributed by atoms with Gasteiger partial charge in [0.1, 0.15) is 10.0 Å². The van der Waals surface area contributed by atoms with Gasteiger partial charge in [-0.25, -0.2) is 0 Å². The minimum absolute atomic E-state index is 0.0373. The third-order valence-electron chi connectivity index (χ3n) is 2.51. The van der Waals surface area contributed by atoms with Crippen LogP contribution in [0.5, 0.6) is 0 Å². The zero-order valence-electron chi connectivity index (χ0n) is 10.8. The predicted molar refractivity (Wildman–Crippen MR) is 81.7 cm³/mol. The molecule has 0 aliphatic rings. The molecule has 1 aromatic carbocycles. The number of nitro groups is 1. The molecule has 20 heavy (non-hydrogen) atoms. The van der Waals surface area contributed by atoms with Crippen molar-refractivity contribution in [1.29, 1.82) is 0 Å². The molecule has 0 atom stereocenters. The van der Waals surface area contributed by atoms with E-state index in [-0.39, 0.29) is 5.69 Å². The van der Waals surface area contributed by atoms with E-state index >= 15 is 0 Å². The number of non-ortho nitro benzene ring substituents is 1. The Labute approximate surface area is 128 Å². The molecule has 1 aromatic heterocycles. The highest BCUT2D eigenvalue weighted by Gasteiger charge is 2.13. The highest BCUT2D eigenvalue weighted by molar-refractivity contribution is 9.10. The smallest absolute Gasteiger partial charge is 0.271 e. The lowest BCUT2D eigenvalue weighted by Gasteiger charge is -1.98. The topological polar surface area (TPSA) is 81.0 Å². The molecular formula is C12H13BrN4O2S. The fraction of sp³-hybridized carbons (Fsp3) is 0.333. The Morgan fingerprint density at radius 1 is 1.40 bits per heavy atom. The van der Waals surface area contributed by atoms with Gasteiger partial charge in [0, 0.05) is 28.7 Å². The number of hydrogen-bond acceptors (Lipinski definition) is 6. The Bertz CT molecular complexity index is 617. The van der Waals surface area contributed by atoms with Gasteiger partial charge in [0.2, 0.25) is 0 Å². The first-order valence-electron chi connectivity index (χ1n) is 6.08. The van der Waals surface area contributed by atoms with E-state index in [0.717, 1.165) is 18.0 Å². The highest BCUT2D eigenvalue weighted by Crippen LogP contribution is 2.30. The van der Waals surface area contributed by atoms with Crippen molar-refractivity contribution in [3.05, 3.63) is 37.8 Å². The molecule has 0 fully saturated rings. The van der Waals surface area contributed by atoms with Gasteiger partial charge in [-0.05, 0) is 19.0 Å². The first-order valence-corrected chi connectivity index (χ1v) is 7.69. The van der Waals surface area contributed by atoms with Crippen LogP contribution in [0.1, 0.15) is 18.4 Å². The number of nitrogens with zero attached hydrogens (tertiary/aromatic N) is 3. The highest BCUT2D eigenvalue weighted by atomic mass is 79.9. The summed E-state index contributed by atoms with van der Waals surface area (Å²) in [4.78, 5) is 10.4. The van der Waals surface area contributed by atoms with Crippen LogP contribution in [0.25, 0.3) is 10.6 Å². The van der Waals surface area contributed by atoms with Gasteiger partial charge in [-0.15, -0.1) is 10.2 Å². The monoisotopic (exact) mass is 356 g/mol. The number of nitro benzene ring substituents is 1. The lowest BCUT2D eigenvalue weighted by Crippen LogP contribution is -2.13. The summed E-state index contributed by atoms with van der Waals surface area (Å²) < 4.78 is 0.655. The Morgan fingerprint density at radius 2 is 2.20 bits per heavy atom. The van der Waals surface area contributed by atoms with E-state index in [1.54, 1.807) is 6.07 Å². The third-order valence-corrected chi connectivity index (χ3v) is 3.94. The lowest BCUT2D eigenvalue weighted by atomic mass is 10.2. The Morgan fingerprint density at radius 3 is 2.90 bits per heavy atom. The van der Waals surface area contributed by atoms with Crippen LogP contribution >= 0.6 is 27.3 Å². The number of hydrogen-bond donors (Lipinski definition) is 1. The summed E-state index contributed by atoms with van der Waals surface area (Å²) in [5.41, 5.74) is 0.737. The first-order chi connectivity index (χ1) is 9.60. The van der Waals surface area contributed by atoms with Crippen LogP contribution in [0.15, 0.2) is 22.7 Å². The number of benzene rings is 1. The maximum atomic E-state index is 10.9. The van der Waals surface area contributed by atoms with Crippen LogP contribution in [0.4, 0.5) is 5.69 Å². The van der Waals surface area contributed by atoms with Gasteiger partial charge in [0.15, 0.2) is 0 Å². The van der Waals surface area contributed by atoms with E-state index in [4.69, 9.17) is 0 Å². The number of nitrogens with one attached hydrogen (secondary N) is 1. The molecule has 0 spiro atoms. The summed E-state index contributed by atoms with van der Waals surface area (Å²) in [6.45, 7) is 3.69. The molecule has 106 valence electrons. The standard InChI is InChI=1S/C12H13BrN4O2S/c1-2-3-14-7-11-15-16-12(20-11)8-4-9(13)6-10(5-8)17(18)19/h4-6,14H,2-3,7H2,1H3. The van der Waals surface area contributed by atoms with E-state index in [1.807, 2.05) is 0 Å². The molecule has 6 nitrogen and oxygen atoms in total. The second-order valence-electron chi connectivity index (χ2n) is 4.13. The molecule has 1 N–H and O–H groups in total. The van der Waals surface area contributed by atoms with Crippen LogP contribution in [-0.4, -0.2) is 21.7 Å². The van der Waals surface area contributed by atoms with Gasteiger partial charge in [-0.1, -0.05) is 34.2 Å². The van der Waals surface area contributed by atoms with Gasteiger partial charge in [-0.2, -0.15) is 0 Å². The van der Waals surface area contributed by atoms with Crippen molar-refractivity contribution < 1.29 is 4.92 Å². The van der Waals surface area contributed by atoms with Crippen molar-refractivity contribution in [3.63, 3.8) is 0 Å². The van der Waals surface area contributed by atoms with Crippen molar-refractivity contribution in [2.45, 2.75) is 19.9 Å². The number of aromatic nitrogens is 2. The third kappa shape index (κ3) is 3.81. The maximum Gasteiger partial charge on any atom is 0.271 e. The van der Waals surface area contributed by atoms with Crippen LogP contribution in [0.2, 0.25) is 0 Å². The number of halogens is 1. The van der Waals surface area contributed by atoms with Crippen molar-refractivity contribution in [2.24, 2.45) is 0 Å². The van der Waals surface area contributed by atoms with Gasteiger partial charge in [0.05, 0.1) is 4.92 Å². The van der Waals surface area contributed by atoms with Crippen molar-refractivity contribution in [3.8, 4) is 10.6 Å². The maximum absolute atomic E-state index is 10.9. The van der Waals surface area contributed by atoms with Gasteiger partial charge in [0.25, 0.3) is 5.69 Å². The second-order valence-corrected chi connectivity index (χ2v) is 6.11. The molecule has 8 heteroatoms. The van der Waals surface area contributed by atoms with Gasteiger partial charge in [-0.3, -0.25) is 10.1 Å². The fourth-order valence-corrected chi connectivity index (χ4v) is 2.89. The summed E-state index contributed by atoms with van der Waals surface area (Å²) in [5.74, 6) is 0. The van der Waals surface area contributed by atoms with Crippen molar-refractivity contribution in [2.75, 3.05) is 6.54 Å². The SMILES string of the molecule is CCCNCc1nnc(-c2cc(Br)cc([N+](=O)[O-])c2)s1. The Kier molecular flexibility index (Phi) is 5.16. The van der Waals surface area contributed by atoms with Crippen LogP contribution in [-0.2, 0) is 6.54 Å². The lowest BCUT2D eigenvalue weighted by molar-refractivity contribution is -0.384. The van der Waals surface area contributed by atoms with E-state index in [0.29, 0.717) is 21.6 Å². The molecule has 0 aliphatic carbocycles. The Balaban J connectivity index is 2.21. The fourth-order valence-electron chi connectivity index (χ4n) is 1.62. The molecule has 0 unspecified atom stereocenters. The van der Waals surface area contributed by atoms with Crippen molar-refractivity contribution in [1.82, 2.24) is 15.5 Å². The average molecular weight is 357 g/mol. The number of rotatable bonds is 6. The summed E-state index contributed by atoms with van der Waals surface area (Å²) >= 11 is 4.71. The normalized spacial score (nSPS) is 10.7.